The van der Waals surface area contributed by atoms with Crippen molar-refractivity contribution in [3.63, 3.8) is 0 Å². The normalized spacial score (nSPS) is 16.0. The fourth-order valence-electron chi connectivity index (χ4n) is 2.47. The van der Waals surface area contributed by atoms with Gasteiger partial charge in [0, 0.05) is 12.6 Å². The maximum absolute atomic E-state index is 12.7. The van der Waals surface area contributed by atoms with Gasteiger partial charge in [-0.3, -0.25) is 4.31 Å². The van der Waals surface area contributed by atoms with Gasteiger partial charge in [0.25, 0.3) is 10.0 Å². The molecule has 1 aromatic carbocycles. The summed E-state index contributed by atoms with van der Waals surface area (Å²) in [5, 5.41) is 0. The third kappa shape index (κ3) is 2.63. The smallest absolute Gasteiger partial charge is 0.273 e. The third-order valence-electron chi connectivity index (χ3n) is 3.58. The van der Waals surface area contributed by atoms with Crippen LogP contribution in [0.15, 0.2) is 38.3 Å². The summed E-state index contributed by atoms with van der Waals surface area (Å²) in [6.07, 6.45) is 0.724. The Morgan fingerprint density at radius 2 is 2.10 bits per heavy atom. The van der Waals surface area contributed by atoms with Crippen LogP contribution in [0.5, 0.6) is 0 Å². The summed E-state index contributed by atoms with van der Waals surface area (Å²) in [7, 11) is -3.47. The molecule has 0 saturated heterocycles. The van der Waals surface area contributed by atoms with Gasteiger partial charge < -0.3 is 5.73 Å². The average molecular weight is 387 g/mol. The van der Waals surface area contributed by atoms with Crippen LogP contribution >= 0.6 is 27.3 Å². The number of rotatable bonds is 3. The Labute approximate surface area is 136 Å². The third-order valence-corrected chi connectivity index (χ3v) is 7.48. The van der Waals surface area contributed by atoms with Crippen molar-refractivity contribution in [2.24, 2.45) is 5.73 Å². The van der Waals surface area contributed by atoms with E-state index < -0.39 is 10.0 Å². The van der Waals surface area contributed by atoms with Crippen molar-refractivity contribution in [3.05, 3.63) is 45.2 Å². The molecule has 0 fully saturated rings. The first-order chi connectivity index (χ1) is 9.89. The number of anilines is 1. The molecule has 112 valence electrons. The van der Waals surface area contributed by atoms with E-state index in [2.05, 4.69) is 15.9 Å². The molecule has 2 heterocycles. The highest BCUT2D eigenvalue weighted by Gasteiger charge is 2.32. The van der Waals surface area contributed by atoms with E-state index in [0.717, 1.165) is 27.0 Å². The molecule has 1 aromatic heterocycles. The molecular weight excluding hydrogens is 372 g/mol. The standard InChI is InChI=1S/C14H15BrN2O2S2/c1-9(16)10-2-3-12-11(8-10)6-7-17(12)21(18,19)14-5-4-13(15)20-14/h2-5,8-9H,6-7,16H2,1H3. The van der Waals surface area contributed by atoms with Crippen molar-refractivity contribution < 1.29 is 8.42 Å². The molecule has 0 radical (unpaired) electrons. The zero-order chi connectivity index (χ0) is 15.2. The van der Waals surface area contributed by atoms with Crippen LogP contribution in [0.25, 0.3) is 0 Å². The lowest BCUT2D eigenvalue weighted by Gasteiger charge is -2.19. The summed E-state index contributed by atoms with van der Waals surface area (Å²) < 4.78 is 28.1. The molecule has 1 unspecified atom stereocenters. The van der Waals surface area contributed by atoms with Crippen LogP contribution in [0.3, 0.4) is 0 Å². The first-order valence-electron chi connectivity index (χ1n) is 6.56. The van der Waals surface area contributed by atoms with Crippen LogP contribution in [0.2, 0.25) is 0 Å². The van der Waals surface area contributed by atoms with E-state index in [0.29, 0.717) is 10.8 Å². The van der Waals surface area contributed by atoms with E-state index in [1.165, 1.54) is 15.6 Å². The van der Waals surface area contributed by atoms with E-state index >= 15 is 0 Å². The van der Waals surface area contributed by atoms with Crippen LogP contribution in [0.1, 0.15) is 24.1 Å². The van der Waals surface area contributed by atoms with E-state index in [1.54, 1.807) is 12.1 Å². The largest absolute Gasteiger partial charge is 0.324 e. The summed E-state index contributed by atoms with van der Waals surface area (Å²) in [5.74, 6) is 0. The van der Waals surface area contributed by atoms with Crippen LogP contribution in [0, 0.1) is 0 Å². The fraction of sp³-hybridized carbons (Fsp3) is 0.286. The average Bonchev–Trinajstić information content (AvgIpc) is 3.04. The van der Waals surface area contributed by atoms with Gasteiger partial charge in [0.2, 0.25) is 0 Å². The number of nitrogens with two attached hydrogens (primary N) is 1. The second-order valence-corrected chi connectivity index (χ2v) is 9.61. The minimum atomic E-state index is -3.47. The molecule has 0 saturated carbocycles. The van der Waals surface area contributed by atoms with Crippen molar-refractivity contribution in [1.82, 2.24) is 0 Å². The molecule has 7 heteroatoms. The molecular formula is C14H15BrN2O2S2. The molecule has 2 N–H and O–H groups in total. The van der Waals surface area contributed by atoms with Crippen LogP contribution in [-0.2, 0) is 16.4 Å². The lowest BCUT2D eigenvalue weighted by molar-refractivity contribution is 0.594. The molecule has 1 aliphatic heterocycles. The van der Waals surface area contributed by atoms with Crippen molar-refractivity contribution in [2.75, 3.05) is 10.8 Å². The van der Waals surface area contributed by atoms with Gasteiger partial charge in [0.05, 0.1) is 9.47 Å². The summed E-state index contributed by atoms with van der Waals surface area (Å²) in [6, 6.07) is 9.13. The Morgan fingerprint density at radius 3 is 2.71 bits per heavy atom. The number of benzene rings is 1. The quantitative estimate of drug-likeness (QED) is 0.879. The van der Waals surface area contributed by atoms with Gasteiger partial charge in [-0.25, -0.2) is 8.42 Å². The predicted molar refractivity (Wildman–Crippen MR) is 89.3 cm³/mol. The molecule has 21 heavy (non-hydrogen) atoms. The van der Waals surface area contributed by atoms with Gasteiger partial charge >= 0.3 is 0 Å². The van der Waals surface area contributed by atoms with Crippen molar-refractivity contribution in [1.29, 1.82) is 0 Å². The number of thiophene rings is 1. The molecule has 4 nitrogen and oxygen atoms in total. The zero-order valence-corrected chi connectivity index (χ0v) is 14.6. The number of hydrogen-bond acceptors (Lipinski definition) is 4. The van der Waals surface area contributed by atoms with E-state index in [1.807, 2.05) is 25.1 Å². The topological polar surface area (TPSA) is 63.4 Å². The molecule has 0 aliphatic carbocycles. The van der Waals surface area contributed by atoms with Gasteiger partial charge in [-0.1, -0.05) is 12.1 Å². The lowest BCUT2D eigenvalue weighted by Crippen LogP contribution is -2.28. The minimum absolute atomic E-state index is 0.0470. The lowest BCUT2D eigenvalue weighted by atomic mass is 10.0. The Morgan fingerprint density at radius 1 is 1.33 bits per heavy atom. The number of fused-ring (bicyclic) bond motifs is 1. The van der Waals surface area contributed by atoms with Gasteiger partial charge in [-0.15, -0.1) is 11.3 Å². The van der Waals surface area contributed by atoms with Gasteiger partial charge in [-0.05, 0) is 58.6 Å². The Bertz CT molecular complexity index is 784. The number of hydrogen-bond donors (Lipinski definition) is 1. The van der Waals surface area contributed by atoms with Gasteiger partial charge in [0.1, 0.15) is 4.21 Å². The molecule has 0 bridgehead atoms. The maximum atomic E-state index is 12.7. The minimum Gasteiger partial charge on any atom is -0.324 e. The van der Waals surface area contributed by atoms with Gasteiger partial charge in [0.15, 0.2) is 0 Å². The van der Waals surface area contributed by atoms with E-state index in [4.69, 9.17) is 5.73 Å². The Kier molecular flexibility index (Phi) is 3.85. The van der Waals surface area contributed by atoms with E-state index in [9.17, 15) is 8.42 Å². The number of halogens is 1. The monoisotopic (exact) mass is 386 g/mol. The molecule has 3 rings (SSSR count). The van der Waals surface area contributed by atoms with Crippen LogP contribution in [0.4, 0.5) is 5.69 Å². The van der Waals surface area contributed by atoms with E-state index in [-0.39, 0.29) is 6.04 Å². The molecule has 0 amide bonds. The highest BCUT2D eigenvalue weighted by Crippen LogP contribution is 2.36. The highest BCUT2D eigenvalue weighted by atomic mass is 79.9. The molecule has 2 aromatic rings. The molecule has 0 spiro atoms. The van der Waals surface area contributed by atoms with Crippen LogP contribution < -0.4 is 10.0 Å². The zero-order valence-electron chi connectivity index (χ0n) is 11.4. The Balaban J connectivity index is 2.01. The Hall–Kier alpha value is -0.890. The number of sulfonamides is 1. The first kappa shape index (κ1) is 15.0. The maximum Gasteiger partial charge on any atom is 0.273 e. The summed E-state index contributed by atoms with van der Waals surface area (Å²) >= 11 is 4.54. The summed E-state index contributed by atoms with van der Waals surface area (Å²) in [5.41, 5.74) is 8.73. The second-order valence-electron chi connectivity index (χ2n) is 5.06. The van der Waals surface area contributed by atoms with Crippen molar-refractivity contribution in [2.45, 2.75) is 23.6 Å². The van der Waals surface area contributed by atoms with Gasteiger partial charge in [-0.2, -0.15) is 0 Å². The second kappa shape index (κ2) is 5.39. The fourth-order valence-corrected chi connectivity index (χ4v) is 6.10. The molecule has 1 atom stereocenters. The predicted octanol–water partition coefficient (Wildman–Crippen LogP) is 3.28. The molecule has 1 aliphatic rings. The van der Waals surface area contributed by atoms with Crippen molar-refractivity contribution in [3.8, 4) is 0 Å². The summed E-state index contributed by atoms with van der Waals surface area (Å²) in [6.45, 7) is 2.41. The SMILES string of the molecule is CC(N)c1ccc2c(c1)CCN2S(=O)(=O)c1ccc(Br)s1. The van der Waals surface area contributed by atoms with Crippen molar-refractivity contribution >= 4 is 43.0 Å². The highest BCUT2D eigenvalue weighted by molar-refractivity contribution is 9.11. The number of nitrogens with zero attached hydrogens (tertiary/aromatic N) is 1. The van der Waals surface area contributed by atoms with Crippen LogP contribution in [-0.4, -0.2) is 15.0 Å². The summed E-state index contributed by atoms with van der Waals surface area (Å²) in [4.78, 5) is 0. The first-order valence-corrected chi connectivity index (χ1v) is 9.61.